The second kappa shape index (κ2) is 7.02. The summed E-state index contributed by atoms with van der Waals surface area (Å²) in [5.74, 6) is 1.32. The van der Waals surface area contributed by atoms with Crippen LogP contribution in [0.2, 0.25) is 0 Å². The fourth-order valence-corrected chi connectivity index (χ4v) is 4.22. The Balaban J connectivity index is 1.96. The number of halogens is 1. The monoisotopic (exact) mass is 301 g/mol. The van der Waals surface area contributed by atoms with Crippen molar-refractivity contribution in [2.45, 2.75) is 31.7 Å². The summed E-state index contributed by atoms with van der Waals surface area (Å²) in [4.78, 5) is 9.54. The van der Waals surface area contributed by atoms with Crippen LogP contribution in [0.5, 0.6) is 0 Å². The summed E-state index contributed by atoms with van der Waals surface area (Å²) in [5, 5.41) is 3.30. The van der Waals surface area contributed by atoms with Crippen LogP contribution in [0.15, 0.2) is 5.38 Å². The Morgan fingerprint density at radius 1 is 1.63 bits per heavy atom. The number of thiazole rings is 1. The molecule has 0 radical (unpaired) electrons. The van der Waals surface area contributed by atoms with Crippen LogP contribution in [-0.4, -0.2) is 48.5 Å². The molecule has 108 valence electrons. The molecule has 1 fully saturated rings. The zero-order chi connectivity index (χ0) is 13.8. The maximum absolute atomic E-state index is 5.85. The number of nitrogens with zero attached hydrogens (tertiary/aromatic N) is 3. The Hall–Kier alpha value is -0.160. The quantitative estimate of drug-likeness (QED) is 0.752. The van der Waals surface area contributed by atoms with E-state index in [1.54, 1.807) is 11.3 Å². The zero-order valence-corrected chi connectivity index (χ0v) is 13.7. The molecule has 1 aromatic rings. The highest BCUT2D eigenvalue weighted by Gasteiger charge is 2.25. The first-order valence-electron chi connectivity index (χ1n) is 7.03. The minimum atomic E-state index is 0.438. The highest BCUT2D eigenvalue weighted by molar-refractivity contribution is 7.09. The van der Waals surface area contributed by atoms with Crippen LogP contribution in [0.1, 0.15) is 36.5 Å². The van der Waals surface area contributed by atoms with Crippen molar-refractivity contribution < 1.29 is 0 Å². The Morgan fingerprint density at radius 2 is 2.42 bits per heavy atom. The van der Waals surface area contributed by atoms with Crippen molar-refractivity contribution in [3.05, 3.63) is 16.1 Å². The average Bonchev–Trinajstić information content (AvgIpc) is 3.00. The molecule has 0 saturated carbocycles. The van der Waals surface area contributed by atoms with Crippen LogP contribution < -0.4 is 0 Å². The molecule has 0 bridgehead atoms. The predicted molar refractivity (Wildman–Crippen MR) is 82.9 cm³/mol. The van der Waals surface area contributed by atoms with Crippen LogP contribution in [0, 0.1) is 5.92 Å². The van der Waals surface area contributed by atoms with Gasteiger partial charge in [0.2, 0.25) is 0 Å². The average molecular weight is 302 g/mol. The molecule has 1 saturated heterocycles. The van der Waals surface area contributed by atoms with E-state index in [1.807, 2.05) is 0 Å². The first-order valence-corrected chi connectivity index (χ1v) is 8.44. The molecule has 0 amide bonds. The summed E-state index contributed by atoms with van der Waals surface area (Å²) < 4.78 is 0. The number of hydrogen-bond donors (Lipinski definition) is 0. The second-order valence-electron chi connectivity index (χ2n) is 5.59. The number of likely N-dealkylation sites (tertiary alicyclic amines) is 1. The highest BCUT2D eigenvalue weighted by atomic mass is 35.5. The van der Waals surface area contributed by atoms with E-state index in [4.69, 9.17) is 11.6 Å². The van der Waals surface area contributed by atoms with Gasteiger partial charge in [-0.25, -0.2) is 4.98 Å². The maximum atomic E-state index is 5.85. The smallest absolute Gasteiger partial charge is 0.110 e. The van der Waals surface area contributed by atoms with E-state index < -0.39 is 0 Å². The molecule has 1 aliphatic heterocycles. The zero-order valence-electron chi connectivity index (χ0n) is 12.1. The lowest BCUT2D eigenvalue weighted by Crippen LogP contribution is -2.30. The molecule has 2 atom stereocenters. The fourth-order valence-electron chi connectivity index (χ4n) is 2.92. The number of hydrogen-bond acceptors (Lipinski definition) is 4. The minimum Gasteiger partial charge on any atom is -0.306 e. The molecule has 0 aromatic carbocycles. The van der Waals surface area contributed by atoms with Crippen molar-refractivity contribution in [2.24, 2.45) is 5.92 Å². The van der Waals surface area contributed by atoms with Crippen LogP contribution in [0.4, 0.5) is 0 Å². The van der Waals surface area contributed by atoms with Crippen molar-refractivity contribution in [3.63, 3.8) is 0 Å². The number of rotatable bonds is 6. The molecule has 0 aliphatic carbocycles. The van der Waals surface area contributed by atoms with Gasteiger partial charge in [-0.05, 0) is 39.4 Å². The number of alkyl halides is 1. The summed E-state index contributed by atoms with van der Waals surface area (Å²) >= 11 is 7.59. The van der Waals surface area contributed by atoms with Gasteiger partial charge in [-0.2, -0.15) is 0 Å². The van der Waals surface area contributed by atoms with Crippen LogP contribution in [0.3, 0.4) is 0 Å². The molecular formula is C14H24ClN3S. The van der Waals surface area contributed by atoms with E-state index in [0.717, 1.165) is 18.0 Å². The van der Waals surface area contributed by atoms with Crippen LogP contribution in [-0.2, 0) is 5.88 Å². The SMILES string of the molecule is CCC(c1nc(CCl)cs1)N(C)CC1CCN(C)C1. The second-order valence-corrected chi connectivity index (χ2v) is 6.75. The standard InChI is InChI=1S/C14H24ClN3S/c1-4-13(14-16-12(7-15)10-19-14)18(3)9-11-5-6-17(2)8-11/h10-11,13H,4-9H2,1-3H3. The van der Waals surface area contributed by atoms with Gasteiger partial charge in [0.25, 0.3) is 0 Å². The Labute approximate surface area is 125 Å². The lowest BCUT2D eigenvalue weighted by atomic mass is 10.1. The molecule has 2 unspecified atom stereocenters. The highest BCUT2D eigenvalue weighted by Crippen LogP contribution is 2.28. The molecule has 0 spiro atoms. The number of aromatic nitrogens is 1. The molecule has 19 heavy (non-hydrogen) atoms. The van der Waals surface area contributed by atoms with Gasteiger partial charge in [0.15, 0.2) is 0 Å². The maximum Gasteiger partial charge on any atom is 0.110 e. The first kappa shape index (κ1) is 15.2. The van der Waals surface area contributed by atoms with E-state index in [0.29, 0.717) is 11.9 Å². The predicted octanol–water partition coefficient (Wildman–Crippen LogP) is 3.22. The molecular weight excluding hydrogens is 278 g/mol. The largest absolute Gasteiger partial charge is 0.306 e. The van der Waals surface area contributed by atoms with Crippen LogP contribution >= 0.6 is 22.9 Å². The first-order chi connectivity index (χ1) is 9.13. The Kier molecular flexibility index (Phi) is 5.63. The third-order valence-corrected chi connectivity index (χ3v) is 5.21. The summed E-state index contributed by atoms with van der Waals surface area (Å²) in [6.07, 6.45) is 2.43. The summed E-state index contributed by atoms with van der Waals surface area (Å²) in [5.41, 5.74) is 1.01. The normalized spacial score (nSPS) is 22.3. The van der Waals surface area contributed by atoms with E-state index in [2.05, 4.69) is 41.2 Å². The van der Waals surface area contributed by atoms with Gasteiger partial charge in [0.1, 0.15) is 5.01 Å². The minimum absolute atomic E-state index is 0.438. The fraction of sp³-hybridized carbons (Fsp3) is 0.786. The lowest BCUT2D eigenvalue weighted by Gasteiger charge is -2.28. The lowest BCUT2D eigenvalue weighted by molar-refractivity contribution is 0.202. The van der Waals surface area contributed by atoms with Crippen molar-refractivity contribution in [3.8, 4) is 0 Å². The molecule has 2 heterocycles. The van der Waals surface area contributed by atoms with E-state index >= 15 is 0 Å². The third kappa shape index (κ3) is 3.91. The van der Waals surface area contributed by atoms with Gasteiger partial charge >= 0.3 is 0 Å². The van der Waals surface area contributed by atoms with Gasteiger partial charge in [-0.1, -0.05) is 6.92 Å². The third-order valence-electron chi connectivity index (χ3n) is 3.95. The summed E-state index contributed by atoms with van der Waals surface area (Å²) in [7, 11) is 4.44. The topological polar surface area (TPSA) is 19.4 Å². The van der Waals surface area contributed by atoms with Crippen molar-refractivity contribution in [1.29, 1.82) is 0 Å². The van der Waals surface area contributed by atoms with Crippen LogP contribution in [0.25, 0.3) is 0 Å². The van der Waals surface area contributed by atoms with Gasteiger partial charge in [-0.15, -0.1) is 22.9 Å². The molecule has 0 N–H and O–H groups in total. The summed E-state index contributed by atoms with van der Waals surface area (Å²) in [6.45, 7) is 5.87. The summed E-state index contributed by atoms with van der Waals surface area (Å²) in [6, 6.07) is 0.438. The molecule has 1 aliphatic rings. The van der Waals surface area contributed by atoms with Gasteiger partial charge in [0.05, 0.1) is 17.6 Å². The Morgan fingerprint density at radius 3 is 2.95 bits per heavy atom. The van der Waals surface area contributed by atoms with E-state index in [1.165, 1.54) is 31.1 Å². The van der Waals surface area contributed by atoms with Gasteiger partial charge in [-0.3, -0.25) is 4.90 Å². The van der Waals surface area contributed by atoms with Gasteiger partial charge < -0.3 is 4.90 Å². The molecule has 5 heteroatoms. The molecule has 1 aromatic heterocycles. The molecule has 2 rings (SSSR count). The Bertz CT molecular complexity index is 396. The van der Waals surface area contributed by atoms with E-state index in [9.17, 15) is 0 Å². The van der Waals surface area contributed by atoms with E-state index in [-0.39, 0.29) is 0 Å². The van der Waals surface area contributed by atoms with Crippen molar-refractivity contribution in [1.82, 2.24) is 14.8 Å². The molecule has 3 nitrogen and oxygen atoms in total. The van der Waals surface area contributed by atoms with Crippen molar-refractivity contribution >= 4 is 22.9 Å². The van der Waals surface area contributed by atoms with Gasteiger partial charge in [0, 0.05) is 18.5 Å². The van der Waals surface area contributed by atoms with Crippen molar-refractivity contribution in [2.75, 3.05) is 33.7 Å².